The van der Waals surface area contributed by atoms with Crippen LogP contribution in [0.1, 0.15) is 12.8 Å². The fourth-order valence-corrected chi connectivity index (χ4v) is 5.85. The van der Waals surface area contributed by atoms with Crippen molar-refractivity contribution in [3.8, 4) is 0 Å². The first-order valence-electron chi connectivity index (χ1n) is 10.3. The Morgan fingerprint density at radius 3 is 2.60 bits per heavy atom. The SMILES string of the molecule is O=S(=O)(c1cccc2ccccc12)c1n[nH]c2cccc(NCC3CCNCC3)c12. The van der Waals surface area contributed by atoms with Crippen LogP contribution in [0.2, 0.25) is 0 Å². The molecule has 1 aliphatic heterocycles. The summed E-state index contributed by atoms with van der Waals surface area (Å²) in [6, 6.07) is 18.6. The lowest BCUT2D eigenvalue weighted by atomic mass is 9.98. The fraction of sp³-hybridized carbons (Fsp3) is 0.261. The molecular weight excluding hydrogens is 396 g/mol. The summed E-state index contributed by atoms with van der Waals surface area (Å²) in [4.78, 5) is 0.280. The van der Waals surface area contributed by atoms with Gasteiger partial charge >= 0.3 is 0 Å². The summed E-state index contributed by atoms with van der Waals surface area (Å²) in [6.45, 7) is 2.88. The molecule has 0 radical (unpaired) electrons. The van der Waals surface area contributed by atoms with Crippen LogP contribution in [-0.2, 0) is 9.84 Å². The van der Waals surface area contributed by atoms with E-state index in [1.165, 1.54) is 0 Å². The molecule has 30 heavy (non-hydrogen) atoms. The van der Waals surface area contributed by atoms with Crippen molar-refractivity contribution >= 4 is 37.2 Å². The Morgan fingerprint density at radius 2 is 1.73 bits per heavy atom. The maximum atomic E-state index is 13.7. The van der Waals surface area contributed by atoms with Crippen LogP contribution < -0.4 is 10.6 Å². The summed E-state index contributed by atoms with van der Waals surface area (Å²) >= 11 is 0. The van der Waals surface area contributed by atoms with Crippen LogP contribution >= 0.6 is 0 Å². The summed E-state index contributed by atoms with van der Waals surface area (Å²) in [5.74, 6) is 0.575. The maximum Gasteiger partial charge on any atom is 0.226 e. The van der Waals surface area contributed by atoms with Crippen LogP contribution in [0.4, 0.5) is 5.69 Å². The molecule has 154 valence electrons. The van der Waals surface area contributed by atoms with Gasteiger partial charge in [0.05, 0.1) is 15.8 Å². The smallest absolute Gasteiger partial charge is 0.226 e. The lowest BCUT2D eigenvalue weighted by molar-refractivity contribution is 0.390. The molecular formula is C23H24N4O2S. The summed E-state index contributed by atoms with van der Waals surface area (Å²) in [6.07, 6.45) is 2.24. The predicted octanol–water partition coefficient (Wildman–Crippen LogP) is 3.96. The van der Waals surface area contributed by atoms with Gasteiger partial charge in [-0.25, -0.2) is 8.42 Å². The first kappa shape index (κ1) is 19.1. The minimum Gasteiger partial charge on any atom is -0.384 e. The van der Waals surface area contributed by atoms with E-state index in [9.17, 15) is 8.42 Å². The van der Waals surface area contributed by atoms with Gasteiger partial charge in [0.2, 0.25) is 9.84 Å². The van der Waals surface area contributed by atoms with E-state index in [1.807, 2.05) is 48.5 Å². The Labute approximate surface area is 175 Å². The third-order valence-electron chi connectivity index (χ3n) is 5.89. The molecule has 1 aromatic heterocycles. The number of fused-ring (bicyclic) bond motifs is 2. The molecule has 1 aliphatic rings. The van der Waals surface area contributed by atoms with E-state index in [4.69, 9.17) is 0 Å². The first-order chi connectivity index (χ1) is 14.6. The molecule has 0 atom stereocenters. The molecule has 2 heterocycles. The van der Waals surface area contributed by atoms with Crippen LogP contribution in [0.15, 0.2) is 70.6 Å². The largest absolute Gasteiger partial charge is 0.384 e. The van der Waals surface area contributed by atoms with Crippen molar-refractivity contribution in [3.63, 3.8) is 0 Å². The fourth-order valence-electron chi connectivity index (χ4n) is 4.26. The van der Waals surface area contributed by atoms with E-state index in [2.05, 4.69) is 20.8 Å². The number of rotatable bonds is 5. The number of sulfone groups is 1. The lowest BCUT2D eigenvalue weighted by Crippen LogP contribution is -2.31. The number of hydrogen-bond acceptors (Lipinski definition) is 5. The number of piperidine rings is 1. The molecule has 0 amide bonds. The average Bonchev–Trinajstić information content (AvgIpc) is 3.24. The zero-order chi connectivity index (χ0) is 20.6. The molecule has 4 aromatic rings. The van der Waals surface area contributed by atoms with Crippen molar-refractivity contribution < 1.29 is 8.42 Å². The number of aromatic nitrogens is 2. The number of aromatic amines is 1. The molecule has 0 spiro atoms. The van der Waals surface area contributed by atoms with Crippen LogP contribution in [0.25, 0.3) is 21.7 Å². The minimum absolute atomic E-state index is 0.0715. The quantitative estimate of drug-likeness (QED) is 0.455. The number of hydrogen-bond donors (Lipinski definition) is 3. The van der Waals surface area contributed by atoms with Crippen LogP contribution in [0, 0.1) is 5.92 Å². The van der Waals surface area contributed by atoms with Gasteiger partial charge in [0.25, 0.3) is 0 Å². The Hall–Kier alpha value is -2.90. The summed E-state index contributed by atoms with van der Waals surface area (Å²) in [5, 5.41) is 16.3. The molecule has 0 saturated carbocycles. The molecule has 1 saturated heterocycles. The van der Waals surface area contributed by atoms with Gasteiger partial charge in [-0.15, -0.1) is 0 Å². The van der Waals surface area contributed by atoms with Gasteiger partial charge in [0.1, 0.15) is 0 Å². The third-order valence-corrected chi connectivity index (χ3v) is 7.63. The van der Waals surface area contributed by atoms with Gasteiger partial charge in [0, 0.05) is 17.6 Å². The van der Waals surface area contributed by atoms with E-state index in [0.29, 0.717) is 22.2 Å². The standard InChI is InChI=1S/C23H24N4O2S/c28-30(29,21-10-3-6-17-5-1-2-7-18(17)21)23-22-19(8-4-9-20(22)26-27-23)25-15-16-11-13-24-14-12-16/h1-10,16,24-25H,11-15H2,(H,26,27). The normalized spacial score (nSPS) is 15.6. The van der Waals surface area contributed by atoms with Gasteiger partial charge in [-0.05, 0) is 55.4 Å². The molecule has 5 rings (SSSR count). The molecule has 6 nitrogen and oxygen atoms in total. The van der Waals surface area contributed by atoms with Gasteiger partial charge in [-0.2, -0.15) is 5.10 Å². The molecule has 0 bridgehead atoms. The second-order valence-electron chi connectivity index (χ2n) is 7.81. The molecule has 7 heteroatoms. The summed E-state index contributed by atoms with van der Waals surface area (Å²) in [7, 11) is -3.81. The van der Waals surface area contributed by atoms with Crippen molar-refractivity contribution in [3.05, 3.63) is 60.7 Å². The third kappa shape index (κ3) is 3.34. The summed E-state index contributed by atoms with van der Waals surface area (Å²) in [5.41, 5.74) is 1.52. The Kier molecular flexibility index (Phi) is 4.92. The van der Waals surface area contributed by atoms with Crippen molar-refractivity contribution in [2.45, 2.75) is 22.8 Å². The first-order valence-corrected chi connectivity index (χ1v) is 11.8. The van der Waals surface area contributed by atoms with Gasteiger partial charge in [-0.1, -0.05) is 42.5 Å². The van der Waals surface area contributed by atoms with Gasteiger partial charge in [-0.3, -0.25) is 5.10 Å². The van der Waals surface area contributed by atoms with Gasteiger partial charge < -0.3 is 10.6 Å². The van der Waals surface area contributed by atoms with Crippen molar-refractivity contribution in [1.29, 1.82) is 0 Å². The number of H-pyrrole nitrogens is 1. The van der Waals surface area contributed by atoms with Crippen molar-refractivity contribution in [2.24, 2.45) is 5.92 Å². The highest BCUT2D eigenvalue weighted by Crippen LogP contribution is 2.34. The van der Waals surface area contributed by atoms with Crippen LogP contribution in [0.3, 0.4) is 0 Å². The highest BCUT2D eigenvalue weighted by Gasteiger charge is 2.27. The maximum absolute atomic E-state index is 13.7. The topological polar surface area (TPSA) is 86.9 Å². The molecule has 3 N–H and O–H groups in total. The van der Waals surface area contributed by atoms with E-state index in [0.717, 1.165) is 43.5 Å². The highest BCUT2D eigenvalue weighted by molar-refractivity contribution is 7.91. The number of nitrogens with one attached hydrogen (secondary N) is 3. The van der Waals surface area contributed by atoms with Crippen molar-refractivity contribution in [2.75, 3.05) is 25.0 Å². The molecule has 3 aromatic carbocycles. The summed E-state index contributed by atoms with van der Waals surface area (Å²) < 4.78 is 27.3. The van der Waals surface area contributed by atoms with E-state index < -0.39 is 9.84 Å². The molecule has 0 unspecified atom stereocenters. The number of nitrogens with zero attached hydrogens (tertiary/aromatic N) is 1. The van der Waals surface area contributed by atoms with Crippen LogP contribution in [0.5, 0.6) is 0 Å². The highest BCUT2D eigenvalue weighted by atomic mass is 32.2. The molecule has 1 fully saturated rings. The van der Waals surface area contributed by atoms with Crippen molar-refractivity contribution in [1.82, 2.24) is 15.5 Å². The van der Waals surface area contributed by atoms with E-state index in [1.54, 1.807) is 12.1 Å². The zero-order valence-corrected chi connectivity index (χ0v) is 17.4. The Balaban J connectivity index is 1.58. The van der Waals surface area contributed by atoms with Crippen LogP contribution in [-0.4, -0.2) is 38.2 Å². The second-order valence-corrected chi connectivity index (χ2v) is 9.65. The van der Waals surface area contributed by atoms with E-state index in [-0.39, 0.29) is 9.92 Å². The number of anilines is 1. The van der Waals surface area contributed by atoms with Gasteiger partial charge in [0.15, 0.2) is 5.03 Å². The minimum atomic E-state index is -3.81. The number of benzene rings is 3. The predicted molar refractivity (Wildman–Crippen MR) is 120 cm³/mol. The van der Waals surface area contributed by atoms with E-state index >= 15 is 0 Å². The second kappa shape index (κ2) is 7.74. The molecule has 0 aliphatic carbocycles. The average molecular weight is 421 g/mol. The zero-order valence-electron chi connectivity index (χ0n) is 16.6. The Morgan fingerprint density at radius 1 is 0.967 bits per heavy atom. The monoisotopic (exact) mass is 420 g/mol. The lowest BCUT2D eigenvalue weighted by Gasteiger charge is -2.23. The Bertz CT molecular complexity index is 1300.